The van der Waals surface area contributed by atoms with Crippen LogP contribution < -0.4 is 15.4 Å². The zero-order valence-electron chi connectivity index (χ0n) is 11.9. The predicted molar refractivity (Wildman–Crippen MR) is 77.8 cm³/mol. The number of benzene rings is 1. The second-order valence-electron chi connectivity index (χ2n) is 4.41. The van der Waals surface area contributed by atoms with Crippen LogP contribution >= 0.6 is 0 Å². The maximum Gasteiger partial charge on any atom is 0.240 e. The summed E-state index contributed by atoms with van der Waals surface area (Å²) in [6, 6.07) is 4.50. The molecular formula is C13H20FN3O3S. The molecule has 0 spiro atoms. The molecule has 118 valence electrons. The Labute approximate surface area is 124 Å². The van der Waals surface area contributed by atoms with Gasteiger partial charge in [-0.3, -0.25) is 4.79 Å². The summed E-state index contributed by atoms with van der Waals surface area (Å²) in [5.41, 5.74) is 0. The molecule has 0 bridgehead atoms. The van der Waals surface area contributed by atoms with Gasteiger partial charge in [0.2, 0.25) is 15.9 Å². The van der Waals surface area contributed by atoms with Crippen molar-refractivity contribution in [1.29, 1.82) is 0 Å². The molecule has 3 N–H and O–H groups in total. The Morgan fingerprint density at radius 3 is 2.43 bits per heavy atom. The standard InChI is InChI=1S/C13H20FN3O3S/c1-15-8-2-9-16-13(18)7-10-17-21(19,20)12-5-3-11(14)4-6-12/h3-6,15,17H,2,7-10H2,1H3,(H,16,18). The summed E-state index contributed by atoms with van der Waals surface area (Å²) in [7, 11) is -1.88. The lowest BCUT2D eigenvalue weighted by Crippen LogP contribution is -2.31. The molecule has 1 rings (SSSR count). The number of sulfonamides is 1. The van der Waals surface area contributed by atoms with Crippen LogP contribution in [0.5, 0.6) is 0 Å². The fourth-order valence-electron chi connectivity index (χ4n) is 1.58. The van der Waals surface area contributed by atoms with E-state index in [2.05, 4.69) is 15.4 Å². The van der Waals surface area contributed by atoms with Crippen LogP contribution in [0, 0.1) is 5.82 Å². The first kappa shape index (κ1) is 17.5. The molecule has 0 aromatic heterocycles. The number of amides is 1. The van der Waals surface area contributed by atoms with Gasteiger partial charge in [0, 0.05) is 19.5 Å². The van der Waals surface area contributed by atoms with Gasteiger partial charge in [0.15, 0.2) is 0 Å². The van der Waals surface area contributed by atoms with Crippen molar-refractivity contribution < 1.29 is 17.6 Å². The van der Waals surface area contributed by atoms with E-state index in [9.17, 15) is 17.6 Å². The maximum atomic E-state index is 12.7. The topological polar surface area (TPSA) is 87.3 Å². The van der Waals surface area contributed by atoms with Crippen LogP contribution in [0.1, 0.15) is 12.8 Å². The van der Waals surface area contributed by atoms with Gasteiger partial charge in [0.05, 0.1) is 4.90 Å². The number of hydrogen-bond donors (Lipinski definition) is 3. The van der Waals surface area contributed by atoms with Crippen molar-refractivity contribution in [2.75, 3.05) is 26.7 Å². The molecule has 0 aliphatic carbocycles. The highest BCUT2D eigenvalue weighted by Gasteiger charge is 2.13. The molecule has 1 aromatic carbocycles. The molecule has 0 saturated carbocycles. The van der Waals surface area contributed by atoms with E-state index in [1.54, 1.807) is 0 Å². The Balaban J connectivity index is 2.34. The maximum absolute atomic E-state index is 12.7. The lowest BCUT2D eigenvalue weighted by molar-refractivity contribution is -0.120. The molecule has 0 atom stereocenters. The molecule has 0 unspecified atom stereocenters. The molecule has 0 aliphatic rings. The molecule has 0 saturated heterocycles. The van der Waals surface area contributed by atoms with Gasteiger partial charge in [0.25, 0.3) is 0 Å². The van der Waals surface area contributed by atoms with Crippen molar-refractivity contribution >= 4 is 15.9 Å². The Kier molecular flexibility index (Phi) is 7.27. The van der Waals surface area contributed by atoms with Gasteiger partial charge < -0.3 is 10.6 Å². The third-order valence-electron chi connectivity index (χ3n) is 2.69. The lowest BCUT2D eigenvalue weighted by Gasteiger charge is -2.07. The van der Waals surface area contributed by atoms with E-state index in [-0.39, 0.29) is 23.8 Å². The average molecular weight is 317 g/mol. The Morgan fingerprint density at radius 2 is 1.81 bits per heavy atom. The zero-order valence-corrected chi connectivity index (χ0v) is 12.7. The molecule has 6 nitrogen and oxygen atoms in total. The SMILES string of the molecule is CNCCCNC(=O)CCNS(=O)(=O)c1ccc(F)cc1. The second kappa shape index (κ2) is 8.71. The third-order valence-corrected chi connectivity index (χ3v) is 4.17. The normalized spacial score (nSPS) is 11.3. The highest BCUT2D eigenvalue weighted by atomic mass is 32.2. The van der Waals surface area contributed by atoms with Crippen molar-refractivity contribution in [3.05, 3.63) is 30.1 Å². The van der Waals surface area contributed by atoms with Crippen LogP contribution in [0.25, 0.3) is 0 Å². The summed E-state index contributed by atoms with van der Waals surface area (Å²) in [6.07, 6.45) is 0.865. The number of nitrogens with one attached hydrogen (secondary N) is 3. The summed E-state index contributed by atoms with van der Waals surface area (Å²) in [5, 5.41) is 5.64. The van der Waals surface area contributed by atoms with Crippen molar-refractivity contribution in [3.63, 3.8) is 0 Å². The van der Waals surface area contributed by atoms with E-state index in [0.717, 1.165) is 25.1 Å². The first-order chi connectivity index (χ1) is 9.95. The second-order valence-corrected chi connectivity index (χ2v) is 6.18. The number of carbonyl (C=O) groups is 1. The first-order valence-electron chi connectivity index (χ1n) is 6.62. The molecule has 0 aliphatic heterocycles. The molecule has 1 aromatic rings. The van der Waals surface area contributed by atoms with Crippen LogP contribution in [0.2, 0.25) is 0 Å². The molecule has 8 heteroatoms. The Hall–Kier alpha value is -1.51. The van der Waals surface area contributed by atoms with E-state index in [0.29, 0.717) is 6.54 Å². The van der Waals surface area contributed by atoms with Gasteiger partial charge in [-0.05, 0) is 44.3 Å². The first-order valence-corrected chi connectivity index (χ1v) is 8.10. The van der Waals surface area contributed by atoms with Crippen molar-refractivity contribution in [2.45, 2.75) is 17.7 Å². The Bertz CT molecular complexity index is 546. The number of carbonyl (C=O) groups excluding carboxylic acids is 1. The monoisotopic (exact) mass is 317 g/mol. The number of hydrogen-bond acceptors (Lipinski definition) is 4. The smallest absolute Gasteiger partial charge is 0.240 e. The minimum atomic E-state index is -3.71. The molecule has 21 heavy (non-hydrogen) atoms. The quantitative estimate of drug-likeness (QED) is 0.569. The van der Waals surface area contributed by atoms with E-state index in [1.807, 2.05) is 7.05 Å². The van der Waals surface area contributed by atoms with Gasteiger partial charge in [-0.1, -0.05) is 0 Å². The molecule has 1 amide bonds. The summed E-state index contributed by atoms with van der Waals surface area (Å²) < 4.78 is 38.7. The summed E-state index contributed by atoms with van der Waals surface area (Å²) in [4.78, 5) is 11.4. The van der Waals surface area contributed by atoms with Gasteiger partial charge in [-0.25, -0.2) is 17.5 Å². The fraction of sp³-hybridized carbons (Fsp3) is 0.462. The summed E-state index contributed by atoms with van der Waals surface area (Å²) in [6.45, 7) is 1.35. The summed E-state index contributed by atoms with van der Waals surface area (Å²) in [5.74, 6) is -0.720. The van der Waals surface area contributed by atoms with E-state index in [4.69, 9.17) is 0 Å². The number of rotatable bonds is 9. The molecular weight excluding hydrogens is 297 g/mol. The van der Waals surface area contributed by atoms with Gasteiger partial charge in [-0.2, -0.15) is 0 Å². The van der Waals surface area contributed by atoms with E-state index < -0.39 is 15.8 Å². The van der Waals surface area contributed by atoms with Gasteiger partial charge in [-0.15, -0.1) is 0 Å². The molecule has 0 fully saturated rings. The molecule has 0 radical (unpaired) electrons. The largest absolute Gasteiger partial charge is 0.356 e. The average Bonchev–Trinajstić information content (AvgIpc) is 2.44. The van der Waals surface area contributed by atoms with Gasteiger partial charge in [0.1, 0.15) is 5.82 Å². The van der Waals surface area contributed by atoms with Crippen LogP contribution in [-0.2, 0) is 14.8 Å². The minimum absolute atomic E-state index is 0.00241. The zero-order chi connectivity index (χ0) is 15.7. The predicted octanol–water partition coefficient (Wildman–Crippen LogP) is 0.220. The highest BCUT2D eigenvalue weighted by Crippen LogP contribution is 2.09. The van der Waals surface area contributed by atoms with Crippen LogP contribution in [0.15, 0.2) is 29.2 Å². The van der Waals surface area contributed by atoms with Crippen molar-refractivity contribution in [3.8, 4) is 0 Å². The van der Waals surface area contributed by atoms with Crippen LogP contribution in [-0.4, -0.2) is 41.0 Å². The fourth-order valence-corrected chi connectivity index (χ4v) is 2.61. The van der Waals surface area contributed by atoms with Crippen LogP contribution in [0.3, 0.4) is 0 Å². The van der Waals surface area contributed by atoms with E-state index in [1.165, 1.54) is 12.1 Å². The molecule has 0 heterocycles. The van der Waals surface area contributed by atoms with Crippen molar-refractivity contribution in [1.82, 2.24) is 15.4 Å². The van der Waals surface area contributed by atoms with E-state index >= 15 is 0 Å². The third kappa shape index (κ3) is 6.65. The minimum Gasteiger partial charge on any atom is -0.356 e. The highest BCUT2D eigenvalue weighted by molar-refractivity contribution is 7.89. The lowest BCUT2D eigenvalue weighted by atomic mass is 10.3. The summed E-state index contributed by atoms with van der Waals surface area (Å²) >= 11 is 0. The Morgan fingerprint density at radius 1 is 1.14 bits per heavy atom. The van der Waals surface area contributed by atoms with Crippen molar-refractivity contribution in [2.24, 2.45) is 0 Å². The van der Waals surface area contributed by atoms with Gasteiger partial charge >= 0.3 is 0 Å². The number of halogens is 1. The van der Waals surface area contributed by atoms with Crippen LogP contribution in [0.4, 0.5) is 4.39 Å².